The van der Waals surface area contributed by atoms with Gasteiger partial charge < -0.3 is 15.5 Å². The minimum absolute atomic E-state index is 0.0900. The monoisotopic (exact) mass is 276 g/mol. The molecule has 2 unspecified atom stereocenters. The fourth-order valence-corrected chi connectivity index (χ4v) is 1.57. The van der Waals surface area contributed by atoms with E-state index in [0.717, 1.165) is 6.20 Å². The number of aliphatic hydroxyl groups is 2. The third-order valence-electron chi connectivity index (χ3n) is 2.33. The normalized spacial score (nSPS) is 14.1. The van der Waals surface area contributed by atoms with E-state index in [-0.39, 0.29) is 29.5 Å². The number of amides is 1. The predicted octanol–water partition coefficient (Wildman–Crippen LogP) is 0.795. The number of nitrogens with one attached hydrogen (secondary N) is 1. The Labute approximate surface area is 109 Å². The zero-order valence-electron chi connectivity index (χ0n) is 9.73. The van der Waals surface area contributed by atoms with Crippen LogP contribution in [-0.4, -0.2) is 33.8 Å². The van der Waals surface area contributed by atoms with Gasteiger partial charge in [-0.3, -0.25) is 4.79 Å². The molecule has 18 heavy (non-hydrogen) atoms. The van der Waals surface area contributed by atoms with Crippen molar-refractivity contribution in [2.24, 2.45) is 0 Å². The van der Waals surface area contributed by atoms with Gasteiger partial charge >= 0.3 is 0 Å². The number of carbonyl (C=O) groups is 1. The van der Waals surface area contributed by atoms with Gasteiger partial charge in [-0.25, -0.2) is 4.98 Å². The molecule has 0 aliphatic carbocycles. The number of hydrogen-bond donors (Lipinski definition) is 3. The van der Waals surface area contributed by atoms with Gasteiger partial charge in [0.25, 0.3) is 0 Å². The van der Waals surface area contributed by atoms with E-state index in [1.807, 2.05) is 0 Å². The second-order valence-electron chi connectivity index (χ2n) is 3.82. The Balaban J connectivity index is 2.64. The molecule has 7 heteroatoms. The molecule has 0 aromatic carbocycles. The van der Waals surface area contributed by atoms with E-state index >= 15 is 0 Å². The highest BCUT2D eigenvalue weighted by molar-refractivity contribution is 6.30. The van der Waals surface area contributed by atoms with Gasteiger partial charge in [-0.2, -0.15) is 4.39 Å². The summed E-state index contributed by atoms with van der Waals surface area (Å²) in [5.41, 5.74) is -0.169. The van der Waals surface area contributed by atoms with Crippen molar-refractivity contribution in [1.29, 1.82) is 0 Å². The molecule has 0 spiro atoms. The standard InChI is InChI=1S/C11H14ClFN2O3/c1-6(16)14-3-2-9(17)10(18)8-4-7(12)5-15-11(8)13/h4-5,9-10,17-18H,2-3H2,1H3,(H,14,16). The Morgan fingerprint density at radius 2 is 2.28 bits per heavy atom. The Kier molecular flexibility index (Phi) is 5.46. The second-order valence-corrected chi connectivity index (χ2v) is 4.25. The van der Waals surface area contributed by atoms with Crippen LogP contribution in [0.15, 0.2) is 12.3 Å². The molecule has 0 saturated carbocycles. The summed E-state index contributed by atoms with van der Waals surface area (Å²) < 4.78 is 13.3. The highest BCUT2D eigenvalue weighted by Crippen LogP contribution is 2.23. The van der Waals surface area contributed by atoms with Crippen LogP contribution in [0.4, 0.5) is 4.39 Å². The summed E-state index contributed by atoms with van der Waals surface area (Å²) in [6.07, 6.45) is -1.46. The van der Waals surface area contributed by atoms with Crippen LogP contribution in [0.5, 0.6) is 0 Å². The van der Waals surface area contributed by atoms with Gasteiger partial charge in [-0.15, -0.1) is 0 Å². The van der Waals surface area contributed by atoms with Crippen LogP contribution in [-0.2, 0) is 4.79 Å². The van der Waals surface area contributed by atoms with Crippen molar-refractivity contribution < 1.29 is 19.4 Å². The molecular formula is C11H14ClFN2O3. The first kappa shape index (κ1) is 14.8. The van der Waals surface area contributed by atoms with Gasteiger partial charge in [0, 0.05) is 25.2 Å². The summed E-state index contributed by atoms with van der Waals surface area (Å²) >= 11 is 5.63. The molecule has 0 saturated heterocycles. The molecule has 1 aromatic heterocycles. The van der Waals surface area contributed by atoms with Crippen molar-refractivity contribution in [2.45, 2.75) is 25.6 Å². The molecule has 1 amide bonds. The number of aromatic nitrogens is 1. The van der Waals surface area contributed by atoms with E-state index in [1.165, 1.54) is 13.0 Å². The van der Waals surface area contributed by atoms with E-state index in [0.29, 0.717) is 0 Å². The Morgan fingerprint density at radius 1 is 1.61 bits per heavy atom. The number of pyridine rings is 1. The van der Waals surface area contributed by atoms with Gasteiger partial charge in [-0.1, -0.05) is 11.6 Å². The lowest BCUT2D eigenvalue weighted by Crippen LogP contribution is -2.28. The minimum Gasteiger partial charge on any atom is -0.390 e. The van der Waals surface area contributed by atoms with Crippen molar-refractivity contribution >= 4 is 17.5 Å². The van der Waals surface area contributed by atoms with Crippen molar-refractivity contribution in [3.05, 3.63) is 28.8 Å². The van der Waals surface area contributed by atoms with Crippen LogP contribution in [0, 0.1) is 5.95 Å². The lowest BCUT2D eigenvalue weighted by molar-refractivity contribution is -0.119. The number of hydrogen-bond acceptors (Lipinski definition) is 4. The largest absolute Gasteiger partial charge is 0.390 e. The summed E-state index contributed by atoms with van der Waals surface area (Å²) in [5, 5.41) is 22.0. The first-order valence-corrected chi connectivity index (χ1v) is 5.71. The van der Waals surface area contributed by atoms with Gasteiger partial charge in [0.05, 0.1) is 11.1 Å². The second kappa shape index (κ2) is 6.63. The molecule has 3 N–H and O–H groups in total. The van der Waals surface area contributed by atoms with Crippen LogP contribution < -0.4 is 5.32 Å². The molecule has 0 fully saturated rings. The van der Waals surface area contributed by atoms with Gasteiger partial charge in [0.15, 0.2) is 0 Å². The molecule has 0 aliphatic heterocycles. The summed E-state index contributed by atoms with van der Waals surface area (Å²) in [6, 6.07) is 1.20. The van der Waals surface area contributed by atoms with Crippen molar-refractivity contribution in [3.8, 4) is 0 Å². The van der Waals surface area contributed by atoms with Crippen LogP contribution in [0.3, 0.4) is 0 Å². The maximum Gasteiger partial charge on any atom is 0.218 e. The third kappa shape index (κ3) is 4.21. The Hall–Kier alpha value is -1.24. The zero-order valence-corrected chi connectivity index (χ0v) is 10.5. The first-order valence-electron chi connectivity index (χ1n) is 5.33. The molecule has 1 rings (SSSR count). The zero-order chi connectivity index (χ0) is 13.7. The van der Waals surface area contributed by atoms with E-state index < -0.39 is 18.2 Å². The quantitative estimate of drug-likeness (QED) is 0.695. The van der Waals surface area contributed by atoms with E-state index in [1.54, 1.807) is 0 Å². The van der Waals surface area contributed by atoms with Gasteiger partial charge in [0.1, 0.15) is 6.10 Å². The maximum absolute atomic E-state index is 13.3. The Bertz CT molecular complexity index is 431. The topological polar surface area (TPSA) is 82.5 Å². The van der Waals surface area contributed by atoms with Gasteiger partial charge in [0.2, 0.25) is 11.9 Å². The summed E-state index contributed by atoms with van der Waals surface area (Å²) in [4.78, 5) is 14.0. The summed E-state index contributed by atoms with van der Waals surface area (Å²) in [5.74, 6) is -1.13. The molecule has 0 radical (unpaired) electrons. The molecule has 1 aromatic rings. The van der Waals surface area contributed by atoms with Crippen molar-refractivity contribution in [1.82, 2.24) is 10.3 Å². The SMILES string of the molecule is CC(=O)NCCC(O)C(O)c1cc(Cl)cnc1F. The van der Waals surface area contributed by atoms with Crippen LogP contribution >= 0.6 is 11.6 Å². The highest BCUT2D eigenvalue weighted by atomic mass is 35.5. The molecule has 0 aliphatic rings. The number of nitrogens with zero attached hydrogens (tertiary/aromatic N) is 1. The van der Waals surface area contributed by atoms with Crippen LogP contribution in [0.25, 0.3) is 0 Å². The third-order valence-corrected chi connectivity index (χ3v) is 2.54. The average molecular weight is 277 g/mol. The molecule has 1 heterocycles. The smallest absolute Gasteiger partial charge is 0.218 e. The fourth-order valence-electron chi connectivity index (χ4n) is 1.41. The first-order chi connectivity index (χ1) is 8.41. The number of halogens is 2. The van der Waals surface area contributed by atoms with Crippen LogP contribution in [0.1, 0.15) is 25.0 Å². The van der Waals surface area contributed by atoms with E-state index in [2.05, 4.69) is 10.3 Å². The molecule has 0 bridgehead atoms. The van der Waals surface area contributed by atoms with E-state index in [4.69, 9.17) is 11.6 Å². The van der Waals surface area contributed by atoms with Crippen LogP contribution in [0.2, 0.25) is 5.02 Å². The highest BCUT2D eigenvalue weighted by Gasteiger charge is 2.22. The molecular weight excluding hydrogens is 263 g/mol. The van der Waals surface area contributed by atoms with E-state index in [9.17, 15) is 19.4 Å². The lowest BCUT2D eigenvalue weighted by atomic mass is 10.0. The predicted molar refractivity (Wildman–Crippen MR) is 63.5 cm³/mol. The maximum atomic E-state index is 13.3. The fraction of sp³-hybridized carbons (Fsp3) is 0.455. The number of aliphatic hydroxyl groups excluding tert-OH is 2. The van der Waals surface area contributed by atoms with Gasteiger partial charge in [-0.05, 0) is 12.5 Å². The molecule has 5 nitrogen and oxygen atoms in total. The van der Waals surface area contributed by atoms with Crippen molar-refractivity contribution in [3.63, 3.8) is 0 Å². The minimum atomic E-state index is -1.44. The average Bonchev–Trinajstić information content (AvgIpc) is 2.30. The lowest BCUT2D eigenvalue weighted by Gasteiger charge is -2.18. The number of carbonyl (C=O) groups excluding carboxylic acids is 1. The summed E-state index contributed by atoms with van der Waals surface area (Å²) in [6.45, 7) is 1.52. The van der Waals surface area contributed by atoms with Crippen molar-refractivity contribution in [2.75, 3.05) is 6.54 Å². The summed E-state index contributed by atoms with van der Waals surface area (Å²) in [7, 11) is 0. The number of rotatable bonds is 5. The molecule has 2 atom stereocenters. The molecule has 100 valence electrons. The Morgan fingerprint density at radius 3 is 2.89 bits per heavy atom.